The van der Waals surface area contributed by atoms with Crippen molar-refractivity contribution < 1.29 is 14.2 Å². The summed E-state index contributed by atoms with van der Waals surface area (Å²) in [6.45, 7) is 1.13. The zero-order valence-electron chi connectivity index (χ0n) is 13.0. The summed E-state index contributed by atoms with van der Waals surface area (Å²) < 4.78 is 16.2. The molecule has 22 heavy (non-hydrogen) atoms. The van der Waals surface area contributed by atoms with Gasteiger partial charge in [0.25, 0.3) is 0 Å². The van der Waals surface area contributed by atoms with Crippen molar-refractivity contribution in [2.45, 2.75) is 12.1 Å². The van der Waals surface area contributed by atoms with Crippen molar-refractivity contribution in [3.63, 3.8) is 0 Å². The van der Waals surface area contributed by atoms with Crippen molar-refractivity contribution in [2.75, 3.05) is 39.4 Å². The molecule has 1 aromatic carbocycles. The van der Waals surface area contributed by atoms with E-state index in [0.717, 1.165) is 17.6 Å². The number of benzene rings is 1. The molecule has 0 unspecified atom stereocenters. The molecule has 7 nitrogen and oxygen atoms in total. The highest BCUT2D eigenvalue weighted by atomic mass is 16.5. The van der Waals surface area contributed by atoms with Gasteiger partial charge in [0.2, 0.25) is 0 Å². The maximum Gasteiger partial charge on any atom is 0.187 e. The van der Waals surface area contributed by atoms with Gasteiger partial charge in [-0.15, -0.1) is 0 Å². The van der Waals surface area contributed by atoms with E-state index in [1.807, 2.05) is 24.1 Å². The Morgan fingerprint density at radius 3 is 2.73 bits per heavy atom. The molecule has 0 saturated carbocycles. The van der Waals surface area contributed by atoms with Gasteiger partial charge in [0.05, 0.1) is 27.4 Å². The number of ether oxygens (including phenoxy) is 3. The number of nitrogens with zero attached hydrogens (tertiary/aromatic N) is 3. The first-order valence-corrected chi connectivity index (χ1v) is 7.07. The number of anilines is 1. The molecule has 0 bridgehead atoms. The monoisotopic (exact) mass is 304 g/mol. The van der Waals surface area contributed by atoms with E-state index in [9.17, 15) is 0 Å². The van der Waals surface area contributed by atoms with Crippen LogP contribution in [0, 0.1) is 0 Å². The van der Waals surface area contributed by atoms with Gasteiger partial charge in [0.15, 0.2) is 11.5 Å². The molecule has 1 atom stereocenters. The Morgan fingerprint density at radius 2 is 2.09 bits per heavy atom. The second-order valence-electron chi connectivity index (χ2n) is 5.36. The summed E-state index contributed by atoms with van der Waals surface area (Å²) in [4.78, 5) is 10.7. The predicted octanol–water partition coefficient (Wildman–Crippen LogP) is 1.16. The summed E-state index contributed by atoms with van der Waals surface area (Å²) in [5.74, 6) is 1.97. The van der Waals surface area contributed by atoms with Gasteiger partial charge in [0.1, 0.15) is 23.3 Å². The molecular weight excluding hydrogens is 284 g/mol. The number of rotatable bonds is 4. The number of fused-ring (bicyclic) bond motifs is 1. The molecule has 1 aromatic heterocycles. The molecule has 0 aliphatic carbocycles. The molecule has 1 saturated heterocycles. The van der Waals surface area contributed by atoms with Crippen molar-refractivity contribution in [1.82, 2.24) is 9.97 Å². The maximum absolute atomic E-state index is 6.44. The van der Waals surface area contributed by atoms with E-state index in [4.69, 9.17) is 19.9 Å². The number of likely N-dealkylation sites (N-methyl/N-ethyl adjacent to an activating group) is 1. The molecule has 7 heteroatoms. The normalized spacial score (nSPS) is 21.1. The Hall–Kier alpha value is -2.12. The molecule has 0 amide bonds. The van der Waals surface area contributed by atoms with E-state index in [1.54, 1.807) is 14.2 Å². The number of hydrogen-bond acceptors (Lipinski definition) is 7. The lowest BCUT2D eigenvalue weighted by Gasteiger charge is -2.35. The SMILES string of the molecule is COc1ccc2c(N(C)[C@]3(N)CCOC3)ncnc2c1OC. The number of aromatic nitrogens is 2. The largest absolute Gasteiger partial charge is 0.493 e. The molecule has 1 aliphatic rings. The van der Waals surface area contributed by atoms with Gasteiger partial charge >= 0.3 is 0 Å². The van der Waals surface area contributed by atoms with Crippen molar-refractivity contribution in [3.05, 3.63) is 18.5 Å². The molecule has 2 N–H and O–H groups in total. The Labute approximate surface area is 129 Å². The predicted molar refractivity (Wildman–Crippen MR) is 83.4 cm³/mol. The van der Waals surface area contributed by atoms with Crippen LogP contribution < -0.4 is 20.1 Å². The van der Waals surface area contributed by atoms with Gasteiger partial charge < -0.3 is 24.8 Å². The molecule has 0 radical (unpaired) electrons. The van der Waals surface area contributed by atoms with E-state index in [-0.39, 0.29) is 0 Å². The Kier molecular flexibility index (Phi) is 3.76. The zero-order chi connectivity index (χ0) is 15.7. The third-order valence-corrected chi connectivity index (χ3v) is 4.14. The molecule has 1 aliphatic heterocycles. The third kappa shape index (κ3) is 2.22. The smallest absolute Gasteiger partial charge is 0.187 e. The minimum absolute atomic E-state index is 0.474. The van der Waals surface area contributed by atoms with Gasteiger partial charge in [-0.3, -0.25) is 0 Å². The van der Waals surface area contributed by atoms with Crippen LogP contribution in [-0.4, -0.2) is 50.1 Å². The summed E-state index contributed by atoms with van der Waals surface area (Å²) in [5, 5.41) is 0.861. The standard InChI is InChI=1S/C15H20N4O3/c1-19(15(16)6-7-22-8-15)14-10-4-5-11(20-2)13(21-3)12(10)17-9-18-14/h4-5,9H,6-8,16H2,1-3H3/t15-/m1/s1. The molecule has 2 aromatic rings. The molecular formula is C15H20N4O3. The van der Waals surface area contributed by atoms with Crippen LogP contribution in [0.5, 0.6) is 11.5 Å². The van der Waals surface area contributed by atoms with E-state index < -0.39 is 5.66 Å². The molecule has 118 valence electrons. The highest BCUT2D eigenvalue weighted by Crippen LogP contribution is 2.38. The Balaban J connectivity index is 2.15. The van der Waals surface area contributed by atoms with Crippen LogP contribution >= 0.6 is 0 Å². The fraction of sp³-hybridized carbons (Fsp3) is 0.467. The summed E-state index contributed by atoms with van der Waals surface area (Å²) in [6.07, 6.45) is 2.26. The van der Waals surface area contributed by atoms with Gasteiger partial charge in [-0.05, 0) is 12.1 Å². The number of methoxy groups -OCH3 is 2. The molecule has 2 heterocycles. The highest BCUT2D eigenvalue weighted by molar-refractivity contribution is 5.95. The first kappa shape index (κ1) is 14.8. The van der Waals surface area contributed by atoms with E-state index >= 15 is 0 Å². The first-order valence-electron chi connectivity index (χ1n) is 7.07. The van der Waals surface area contributed by atoms with Gasteiger partial charge in [0, 0.05) is 18.9 Å². The fourth-order valence-electron chi connectivity index (χ4n) is 2.74. The Bertz CT molecular complexity index is 686. The molecule has 3 rings (SSSR count). The first-order chi connectivity index (χ1) is 10.6. The minimum Gasteiger partial charge on any atom is -0.493 e. The minimum atomic E-state index is -0.561. The molecule has 0 spiro atoms. The van der Waals surface area contributed by atoms with Crippen LogP contribution in [0.15, 0.2) is 18.5 Å². The topological polar surface area (TPSA) is 82.7 Å². The average Bonchev–Trinajstić information content (AvgIpc) is 3.00. The van der Waals surface area contributed by atoms with Crippen LogP contribution in [0.25, 0.3) is 10.9 Å². The Morgan fingerprint density at radius 1 is 1.27 bits per heavy atom. The van der Waals surface area contributed by atoms with E-state index in [2.05, 4.69) is 9.97 Å². The van der Waals surface area contributed by atoms with Gasteiger partial charge in [-0.2, -0.15) is 0 Å². The number of nitrogens with two attached hydrogens (primary N) is 1. The van der Waals surface area contributed by atoms with Crippen LogP contribution in [-0.2, 0) is 4.74 Å². The fourth-order valence-corrected chi connectivity index (χ4v) is 2.74. The summed E-state index contributed by atoms with van der Waals surface area (Å²) in [6, 6.07) is 3.76. The van der Waals surface area contributed by atoms with Crippen molar-refractivity contribution in [3.8, 4) is 11.5 Å². The van der Waals surface area contributed by atoms with Gasteiger partial charge in [-0.25, -0.2) is 9.97 Å². The van der Waals surface area contributed by atoms with E-state index in [1.165, 1.54) is 6.33 Å². The lowest BCUT2D eigenvalue weighted by molar-refractivity contribution is 0.178. The summed E-state index contributed by atoms with van der Waals surface area (Å²) >= 11 is 0. The van der Waals surface area contributed by atoms with Crippen LogP contribution in [0.3, 0.4) is 0 Å². The van der Waals surface area contributed by atoms with Crippen molar-refractivity contribution in [1.29, 1.82) is 0 Å². The zero-order valence-corrected chi connectivity index (χ0v) is 13.0. The average molecular weight is 304 g/mol. The molecule has 1 fully saturated rings. The maximum atomic E-state index is 6.44. The van der Waals surface area contributed by atoms with Crippen LogP contribution in [0.4, 0.5) is 5.82 Å². The van der Waals surface area contributed by atoms with Crippen LogP contribution in [0.1, 0.15) is 6.42 Å². The highest BCUT2D eigenvalue weighted by Gasteiger charge is 2.36. The second-order valence-corrected chi connectivity index (χ2v) is 5.36. The summed E-state index contributed by atoms with van der Waals surface area (Å²) in [7, 11) is 5.12. The number of hydrogen-bond donors (Lipinski definition) is 1. The lowest BCUT2D eigenvalue weighted by Crippen LogP contribution is -2.55. The van der Waals surface area contributed by atoms with Gasteiger partial charge in [-0.1, -0.05) is 0 Å². The summed E-state index contributed by atoms with van der Waals surface area (Å²) in [5.41, 5.74) is 6.57. The third-order valence-electron chi connectivity index (χ3n) is 4.14. The van der Waals surface area contributed by atoms with Crippen molar-refractivity contribution in [2.24, 2.45) is 5.73 Å². The van der Waals surface area contributed by atoms with E-state index in [0.29, 0.717) is 30.2 Å². The van der Waals surface area contributed by atoms with Crippen LogP contribution in [0.2, 0.25) is 0 Å². The lowest BCUT2D eigenvalue weighted by atomic mass is 10.1. The van der Waals surface area contributed by atoms with Crippen molar-refractivity contribution >= 4 is 16.7 Å². The quantitative estimate of drug-likeness (QED) is 0.849. The second kappa shape index (κ2) is 5.58.